The summed E-state index contributed by atoms with van der Waals surface area (Å²) in [6, 6.07) is 7.87. The Labute approximate surface area is 135 Å². The summed E-state index contributed by atoms with van der Waals surface area (Å²) >= 11 is 0. The molecular formula is C18H22N2O3. The molecule has 0 spiro atoms. The largest absolute Gasteiger partial charge is 0.461 e. The molecule has 1 N–H and O–H groups in total. The van der Waals surface area contributed by atoms with Gasteiger partial charge in [0.1, 0.15) is 5.69 Å². The maximum atomic E-state index is 12.1. The third kappa shape index (κ3) is 3.09. The smallest absolute Gasteiger partial charge is 0.354 e. The summed E-state index contributed by atoms with van der Waals surface area (Å²) in [5.74, 6) is -0.116. The number of carbonyl (C=O) groups excluding carboxylic acids is 2. The highest BCUT2D eigenvalue weighted by Gasteiger charge is 2.24. The molecule has 1 aromatic heterocycles. The van der Waals surface area contributed by atoms with Crippen molar-refractivity contribution >= 4 is 22.8 Å². The van der Waals surface area contributed by atoms with Gasteiger partial charge in [0.25, 0.3) is 0 Å². The van der Waals surface area contributed by atoms with E-state index in [-0.39, 0.29) is 17.9 Å². The third-order valence-electron chi connectivity index (χ3n) is 4.45. The maximum Gasteiger partial charge on any atom is 0.354 e. The van der Waals surface area contributed by atoms with Crippen LogP contribution >= 0.6 is 0 Å². The van der Waals surface area contributed by atoms with Crippen molar-refractivity contribution < 1.29 is 14.3 Å². The zero-order chi connectivity index (χ0) is 16.4. The molecule has 3 rings (SSSR count). The number of fused-ring (bicyclic) bond motifs is 1. The molecule has 5 nitrogen and oxygen atoms in total. The normalized spacial score (nSPS) is 16.6. The summed E-state index contributed by atoms with van der Waals surface area (Å²) in [6.07, 6.45) is 2.70. The summed E-state index contributed by atoms with van der Waals surface area (Å²) in [5.41, 5.74) is 2.44. The summed E-state index contributed by atoms with van der Waals surface area (Å²) in [5, 5.41) is 0.960. The SMILES string of the molecule is CCOC(=O)c1cc2cc(C(C)N3CCCCC3=O)ccc2[nH]1. The molecular weight excluding hydrogens is 292 g/mol. The number of hydrogen-bond donors (Lipinski definition) is 1. The Kier molecular flexibility index (Phi) is 4.37. The van der Waals surface area contributed by atoms with Crippen LogP contribution in [0.5, 0.6) is 0 Å². The number of H-pyrrole nitrogens is 1. The molecule has 0 aliphatic carbocycles. The fourth-order valence-electron chi connectivity index (χ4n) is 3.15. The van der Waals surface area contributed by atoms with Crippen molar-refractivity contribution in [3.8, 4) is 0 Å². The number of nitrogens with one attached hydrogen (secondary N) is 1. The predicted molar refractivity (Wildman–Crippen MR) is 88.2 cm³/mol. The first kappa shape index (κ1) is 15.6. The molecule has 122 valence electrons. The van der Waals surface area contributed by atoms with Crippen molar-refractivity contribution in [2.45, 2.75) is 39.2 Å². The van der Waals surface area contributed by atoms with Crippen LogP contribution in [0.2, 0.25) is 0 Å². The summed E-state index contributed by atoms with van der Waals surface area (Å²) in [6.45, 7) is 5.02. The molecule has 1 unspecified atom stereocenters. The number of benzene rings is 1. The van der Waals surface area contributed by atoms with E-state index in [4.69, 9.17) is 4.74 Å². The second kappa shape index (κ2) is 6.44. The van der Waals surface area contributed by atoms with Gasteiger partial charge in [-0.3, -0.25) is 4.79 Å². The first-order valence-electron chi connectivity index (χ1n) is 8.19. The minimum Gasteiger partial charge on any atom is -0.461 e. The lowest BCUT2D eigenvalue weighted by Gasteiger charge is -2.32. The number of carbonyl (C=O) groups is 2. The number of ether oxygens (including phenoxy) is 1. The number of hydrogen-bond acceptors (Lipinski definition) is 3. The van der Waals surface area contributed by atoms with Gasteiger partial charge in [0.2, 0.25) is 5.91 Å². The number of aromatic nitrogens is 1. The van der Waals surface area contributed by atoms with Gasteiger partial charge in [-0.15, -0.1) is 0 Å². The molecule has 0 saturated carbocycles. The average molecular weight is 314 g/mol. The maximum absolute atomic E-state index is 12.1. The van der Waals surface area contributed by atoms with E-state index in [0.717, 1.165) is 35.9 Å². The number of esters is 1. The Morgan fingerprint density at radius 2 is 2.17 bits per heavy atom. The van der Waals surface area contributed by atoms with Crippen LogP contribution in [0.1, 0.15) is 55.2 Å². The predicted octanol–water partition coefficient (Wildman–Crippen LogP) is 3.42. The van der Waals surface area contributed by atoms with Crippen molar-refractivity contribution in [1.82, 2.24) is 9.88 Å². The molecule has 23 heavy (non-hydrogen) atoms. The monoisotopic (exact) mass is 314 g/mol. The Hall–Kier alpha value is -2.30. The van der Waals surface area contributed by atoms with Crippen molar-refractivity contribution in [2.24, 2.45) is 0 Å². The number of aromatic amines is 1. The Balaban J connectivity index is 1.87. The van der Waals surface area contributed by atoms with Gasteiger partial charge in [-0.05, 0) is 50.5 Å². The van der Waals surface area contributed by atoms with Crippen LogP contribution in [0.15, 0.2) is 24.3 Å². The van der Waals surface area contributed by atoms with E-state index in [1.54, 1.807) is 6.92 Å². The van der Waals surface area contributed by atoms with E-state index in [0.29, 0.717) is 18.7 Å². The van der Waals surface area contributed by atoms with Crippen LogP contribution in [0, 0.1) is 0 Å². The van der Waals surface area contributed by atoms with Crippen molar-refractivity contribution in [2.75, 3.05) is 13.2 Å². The topological polar surface area (TPSA) is 62.4 Å². The molecule has 0 radical (unpaired) electrons. The lowest BCUT2D eigenvalue weighted by atomic mass is 10.0. The molecule has 0 bridgehead atoms. The highest BCUT2D eigenvalue weighted by molar-refractivity contribution is 5.95. The van der Waals surface area contributed by atoms with E-state index >= 15 is 0 Å². The molecule has 5 heteroatoms. The second-order valence-corrected chi connectivity index (χ2v) is 5.97. The molecule has 2 heterocycles. The van der Waals surface area contributed by atoms with Gasteiger partial charge in [0, 0.05) is 23.9 Å². The molecule has 1 aliphatic heterocycles. The number of amides is 1. The quantitative estimate of drug-likeness (QED) is 0.880. The van der Waals surface area contributed by atoms with E-state index in [1.165, 1.54) is 0 Å². The highest BCUT2D eigenvalue weighted by atomic mass is 16.5. The molecule has 1 fully saturated rings. The van der Waals surface area contributed by atoms with Crippen LogP contribution in [-0.2, 0) is 9.53 Å². The average Bonchev–Trinajstić information content (AvgIpc) is 2.98. The van der Waals surface area contributed by atoms with Gasteiger partial charge < -0.3 is 14.6 Å². The van der Waals surface area contributed by atoms with Crippen LogP contribution < -0.4 is 0 Å². The summed E-state index contributed by atoms with van der Waals surface area (Å²) < 4.78 is 5.02. The van der Waals surface area contributed by atoms with E-state index in [2.05, 4.69) is 11.9 Å². The molecule has 1 aliphatic rings. The molecule has 1 saturated heterocycles. The summed E-state index contributed by atoms with van der Waals surface area (Å²) in [7, 11) is 0. The fraction of sp³-hybridized carbons (Fsp3) is 0.444. The standard InChI is InChI=1S/C18H22N2O3/c1-3-23-18(22)16-11-14-10-13(7-8-15(14)19-16)12(2)20-9-5-4-6-17(20)21/h7-8,10-12,19H,3-6,9H2,1-2H3. The Morgan fingerprint density at radius 3 is 2.91 bits per heavy atom. The zero-order valence-corrected chi connectivity index (χ0v) is 13.6. The minimum absolute atomic E-state index is 0.0492. The molecule has 2 aromatic rings. The third-order valence-corrected chi connectivity index (χ3v) is 4.45. The van der Waals surface area contributed by atoms with Gasteiger partial charge in [-0.25, -0.2) is 4.79 Å². The van der Waals surface area contributed by atoms with Gasteiger partial charge in [0.05, 0.1) is 12.6 Å². The van der Waals surface area contributed by atoms with E-state index in [1.807, 2.05) is 29.2 Å². The number of piperidine rings is 1. The first-order valence-corrected chi connectivity index (χ1v) is 8.19. The second-order valence-electron chi connectivity index (χ2n) is 5.97. The van der Waals surface area contributed by atoms with Gasteiger partial charge in [0.15, 0.2) is 0 Å². The van der Waals surface area contributed by atoms with Crippen LogP contribution in [0.25, 0.3) is 10.9 Å². The van der Waals surface area contributed by atoms with Crippen LogP contribution in [0.3, 0.4) is 0 Å². The van der Waals surface area contributed by atoms with Crippen molar-refractivity contribution in [3.63, 3.8) is 0 Å². The Morgan fingerprint density at radius 1 is 1.35 bits per heavy atom. The fourth-order valence-corrected chi connectivity index (χ4v) is 3.15. The van der Waals surface area contributed by atoms with E-state index < -0.39 is 0 Å². The lowest BCUT2D eigenvalue weighted by molar-refractivity contribution is -0.135. The number of rotatable bonds is 4. The molecule has 1 atom stereocenters. The van der Waals surface area contributed by atoms with E-state index in [9.17, 15) is 9.59 Å². The highest BCUT2D eigenvalue weighted by Crippen LogP contribution is 2.28. The minimum atomic E-state index is -0.343. The molecule has 1 amide bonds. The Bertz CT molecular complexity index is 735. The van der Waals surface area contributed by atoms with Gasteiger partial charge >= 0.3 is 5.97 Å². The van der Waals surface area contributed by atoms with Crippen molar-refractivity contribution in [1.29, 1.82) is 0 Å². The van der Waals surface area contributed by atoms with Gasteiger partial charge in [-0.1, -0.05) is 6.07 Å². The lowest BCUT2D eigenvalue weighted by Crippen LogP contribution is -2.37. The molecule has 1 aromatic carbocycles. The van der Waals surface area contributed by atoms with Crippen LogP contribution in [-0.4, -0.2) is 34.9 Å². The first-order chi connectivity index (χ1) is 11.1. The number of likely N-dealkylation sites (tertiary alicyclic amines) is 1. The van der Waals surface area contributed by atoms with Crippen molar-refractivity contribution in [3.05, 3.63) is 35.5 Å². The zero-order valence-electron chi connectivity index (χ0n) is 13.6. The van der Waals surface area contributed by atoms with Crippen LogP contribution in [0.4, 0.5) is 0 Å². The summed E-state index contributed by atoms with van der Waals surface area (Å²) in [4.78, 5) is 28.9. The number of nitrogens with zero attached hydrogens (tertiary/aromatic N) is 1. The van der Waals surface area contributed by atoms with Gasteiger partial charge in [-0.2, -0.15) is 0 Å².